The quantitative estimate of drug-likeness (QED) is 0.338. The molecule has 1 aliphatic heterocycles. The van der Waals surface area contributed by atoms with Crippen LogP contribution in [-0.2, 0) is 16.1 Å². The maximum absolute atomic E-state index is 12.0. The number of piperidine rings is 1. The SMILES string of the molecule is CCCCCCCOc1cccc2c(CN3CCC(C(=O)OCC)CC3)cccc12. The minimum atomic E-state index is -0.0289. The van der Waals surface area contributed by atoms with E-state index in [1.54, 1.807) is 0 Å². The number of esters is 1. The molecule has 3 rings (SSSR count). The van der Waals surface area contributed by atoms with Crippen LogP contribution in [0.15, 0.2) is 36.4 Å². The number of ether oxygens (including phenoxy) is 2. The van der Waals surface area contributed by atoms with Gasteiger partial charge in [0.05, 0.1) is 19.1 Å². The number of benzene rings is 2. The lowest BCUT2D eigenvalue weighted by Crippen LogP contribution is -2.36. The molecule has 1 saturated heterocycles. The molecule has 1 fully saturated rings. The lowest BCUT2D eigenvalue weighted by molar-refractivity contribution is -0.149. The highest BCUT2D eigenvalue weighted by molar-refractivity contribution is 5.91. The Morgan fingerprint density at radius 1 is 0.967 bits per heavy atom. The van der Waals surface area contributed by atoms with Gasteiger partial charge in [0, 0.05) is 11.9 Å². The molecule has 30 heavy (non-hydrogen) atoms. The summed E-state index contributed by atoms with van der Waals surface area (Å²) in [5, 5.41) is 2.47. The van der Waals surface area contributed by atoms with Crippen LogP contribution in [0.5, 0.6) is 5.75 Å². The Balaban J connectivity index is 1.59. The maximum Gasteiger partial charge on any atom is 0.309 e. The molecule has 4 heteroatoms. The lowest BCUT2D eigenvalue weighted by atomic mass is 9.96. The van der Waals surface area contributed by atoms with Crippen LogP contribution in [0.2, 0.25) is 0 Å². The Morgan fingerprint density at radius 2 is 1.70 bits per heavy atom. The Hall–Kier alpha value is -2.07. The van der Waals surface area contributed by atoms with E-state index in [1.807, 2.05) is 6.92 Å². The Bertz CT molecular complexity index is 796. The summed E-state index contributed by atoms with van der Waals surface area (Å²) in [4.78, 5) is 14.4. The van der Waals surface area contributed by atoms with E-state index >= 15 is 0 Å². The van der Waals surface area contributed by atoms with Gasteiger partial charge in [-0.25, -0.2) is 0 Å². The van der Waals surface area contributed by atoms with Gasteiger partial charge in [0.2, 0.25) is 0 Å². The predicted octanol–water partition coefficient (Wildman–Crippen LogP) is 5.96. The van der Waals surface area contributed by atoms with E-state index in [1.165, 1.54) is 42.0 Å². The number of rotatable bonds is 11. The number of nitrogens with zero attached hydrogens (tertiary/aromatic N) is 1. The van der Waals surface area contributed by atoms with Crippen molar-refractivity contribution < 1.29 is 14.3 Å². The number of carbonyl (C=O) groups excluding carboxylic acids is 1. The third kappa shape index (κ3) is 6.21. The third-order valence-corrected chi connectivity index (χ3v) is 6.08. The molecule has 0 N–H and O–H groups in total. The molecule has 4 nitrogen and oxygen atoms in total. The van der Waals surface area contributed by atoms with Crippen molar-refractivity contribution in [1.29, 1.82) is 0 Å². The summed E-state index contributed by atoms with van der Waals surface area (Å²) in [5.41, 5.74) is 1.33. The number of unbranched alkanes of at least 4 members (excludes halogenated alkanes) is 4. The smallest absolute Gasteiger partial charge is 0.309 e. The van der Waals surface area contributed by atoms with E-state index in [2.05, 4.69) is 48.2 Å². The summed E-state index contributed by atoms with van der Waals surface area (Å²) >= 11 is 0. The number of hydrogen-bond donors (Lipinski definition) is 0. The fourth-order valence-electron chi connectivity index (χ4n) is 4.33. The third-order valence-electron chi connectivity index (χ3n) is 6.08. The molecule has 164 valence electrons. The Kier molecular flexibility index (Phi) is 9.00. The first-order valence-electron chi connectivity index (χ1n) is 11.7. The first-order chi connectivity index (χ1) is 14.7. The van der Waals surface area contributed by atoms with Crippen molar-refractivity contribution in [2.45, 2.75) is 65.3 Å². The minimum absolute atomic E-state index is 0.0289. The van der Waals surface area contributed by atoms with Crippen molar-refractivity contribution in [3.05, 3.63) is 42.0 Å². The molecule has 2 aromatic carbocycles. The molecule has 2 aromatic rings. The summed E-state index contributed by atoms with van der Waals surface area (Å²) < 4.78 is 11.3. The van der Waals surface area contributed by atoms with Crippen molar-refractivity contribution in [2.24, 2.45) is 5.92 Å². The number of carbonyl (C=O) groups is 1. The molecule has 0 radical (unpaired) electrons. The maximum atomic E-state index is 12.0. The lowest BCUT2D eigenvalue weighted by Gasteiger charge is -2.31. The van der Waals surface area contributed by atoms with E-state index < -0.39 is 0 Å². The zero-order chi connectivity index (χ0) is 21.2. The van der Waals surface area contributed by atoms with Crippen LogP contribution in [0.1, 0.15) is 64.4 Å². The van der Waals surface area contributed by atoms with Gasteiger partial charge in [-0.15, -0.1) is 0 Å². The average molecular weight is 412 g/mol. The number of fused-ring (bicyclic) bond motifs is 1. The van der Waals surface area contributed by atoms with Crippen molar-refractivity contribution in [2.75, 3.05) is 26.3 Å². The van der Waals surface area contributed by atoms with Gasteiger partial charge < -0.3 is 9.47 Å². The first-order valence-corrected chi connectivity index (χ1v) is 11.7. The second kappa shape index (κ2) is 11.9. The topological polar surface area (TPSA) is 38.8 Å². The highest BCUT2D eigenvalue weighted by Gasteiger charge is 2.26. The number of hydrogen-bond acceptors (Lipinski definition) is 4. The molecule has 0 atom stereocenters. The standard InChI is InChI=1S/C26H37NO3/c1-3-5-6-7-8-19-30-25-14-10-12-23-22(11-9-13-24(23)25)20-27-17-15-21(16-18-27)26(28)29-4-2/h9-14,21H,3-8,15-20H2,1-2H3. The van der Waals surface area contributed by atoms with E-state index in [-0.39, 0.29) is 11.9 Å². The second-order valence-corrected chi connectivity index (χ2v) is 8.33. The molecular formula is C26H37NO3. The summed E-state index contributed by atoms with van der Waals surface area (Å²) in [6.07, 6.45) is 8.01. The van der Waals surface area contributed by atoms with E-state index in [9.17, 15) is 4.79 Å². The molecule has 0 unspecified atom stereocenters. The van der Waals surface area contributed by atoms with Crippen molar-refractivity contribution >= 4 is 16.7 Å². The van der Waals surface area contributed by atoms with Crippen molar-refractivity contribution in [3.63, 3.8) is 0 Å². The van der Waals surface area contributed by atoms with Gasteiger partial charge in [-0.3, -0.25) is 9.69 Å². The van der Waals surface area contributed by atoms with Gasteiger partial charge in [0.25, 0.3) is 0 Å². The van der Waals surface area contributed by atoms with Gasteiger partial charge in [-0.1, -0.05) is 62.9 Å². The van der Waals surface area contributed by atoms with Crippen molar-refractivity contribution in [3.8, 4) is 5.75 Å². The van der Waals surface area contributed by atoms with E-state index in [0.717, 1.165) is 51.3 Å². The molecule has 0 bridgehead atoms. The van der Waals surface area contributed by atoms with Crippen LogP contribution in [0.3, 0.4) is 0 Å². The van der Waals surface area contributed by atoms with E-state index in [0.29, 0.717) is 6.61 Å². The monoisotopic (exact) mass is 411 g/mol. The first kappa shape index (κ1) is 22.6. The second-order valence-electron chi connectivity index (χ2n) is 8.33. The molecule has 0 saturated carbocycles. The van der Waals surface area contributed by atoms with Gasteiger partial charge in [0.1, 0.15) is 5.75 Å². The average Bonchev–Trinajstić information content (AvgIpc) is 2.77. The summed E-state index contributed by atoms with van der Waals surface area (Å²) in [7, 11) is 0. The van der Waals surface area contributed by atoms with Gasteiger partial charge in [0.15, 0.2) is 0 Å². The highest BCUT2D eigenvalue weighted by atomic mass is 16.5. The zero-order valence-electron chi connectivity index (χ0n) is 18.7. The summed E-state index contributed by atoms with van der Waals surface area (Å²) in [5.74, 6) is 1.02. The molecule has 0 aromatic heterocycles. The van der Waals surface area contributed by atoms with E-state index in [4.69, 9.17) is 9.47 Å². The van der Waals surface area contributed by atoms with Crippen LogP contribution in [0, 0.1) is 5.92 Å². The fraction of sp³-hybridized carbons (Fsp3) is 0.577. The molecule has 1 aliphatic rings. The van der Waals surface area contributed by atoms with Crippen LogP contribution < -0.4 is 4.74 Å². The van der Waals surface area contributed by atoms with Crippen LogP contribution in [0.25, 0.3) is 10.8 Å². The minimum Gasteiger partial charge on any atom is -0.493 e. The zero-order valence-corrected chi connectivity index (χ0v) is 18.7. The van der Waals surface area contributed by atoms with Crippen LogP contribution in [0.4, 0.5) is 0 Å². The van der Waals surface area contributed by atoms with Crippen LogP contribution >= 0.6 is 0 Å². The van der Waals surface area contributed by atoms with Gasteiger partial charge in [-0.2, -0.15) is 0 Å². The largest absolute Gasteiger partial charge is 0.493 e. The molecule has 0 aliphatic carbocycles. The normalized spacial score (nSPS) is 15.4. The number of likely N-dealkylation sites (tertiary alicyclic amines) is 1. The van der Waals surface area contributed by atoms with Gasteiger partial charge >= 0.3 is 5.97 Å². The molecule has 1 heterocycles. The highest BCUT2D eigenvalue weighted by Crippen LogP contribution is 2.30. The molecular weight excluding hydrogens is 374 g/mol. The summed E-state index contributed by atoms with van der Waals surface area (Å²) in [6, 6.07) is 12.9. The predicted molar refractivity (Wildman–Crippen MR) is 123 cm³/mol. The molecule has 0 amide bonds. The molecule has 0 spiro atoms. The van der Waals surface area contributed by atoms with Gasteiger partial charge in [-0.05, 0) is 56.3 Å². The fourth-order valence-corrected chi connectivity index (χ4v) is 4.33. The van der Waals surface area contributed by atoms with Crippen LogP contribution in [-0.4, -0.2) is 37.2 Å². The Morgan fingerprint density at radius 3 is 2.47 bits per heavy atom. The van der Waals surface area contributed by atoms with Crippen molar-refractivity contribution in [1.82, 2.24) is 4.90 Å². The Labute approximate surface area is 181 Å². The summed E-state index contributed by atoms with van der Waals surface area (Å²) in [6.45, 7) is 8.16.